The number of rotatable bonds is 7. The fraction of sp³-hybridized carbons (Fsp3) is 0.333. The van der Waals surface area contributed by atoms with Crippen LogP contribution in [0.2, 0.25) is 0 Å². The van der Waals surface area contributed by atoms with E-state index in [0.29, 0.717) is 18.0 Å². The molecule has 2 rings (SSSR count). The van der Waals surface area contributed by atoms with Crippen molar-refractivity contribution in [2.45, 2.75) is 33.1 Å². The molecule has 0 fully saturated rings. The summed E-state index contributed by atoms with van der Waals surface area (Å²) in [7, 11) is 0. The van der Waals surface area contributed by atoms with E-state index >= 15 is 0 Å². The van der Waals surface area contributed by atoms with E-state index in [1.807, 2.05) is 30.3 Å². The first-order chi connectivity index (χ1) is 10.2. The number of ether oxygens (including phenoxy) is 2. The Morgan fingerprint density at radius 1 is 0.905 bits per heavy atom. The number of aryl methyl sites for hydroxylation is 1. The Bertz CT molecular complexity index is 564. The molecule has 2 aromatic carbocycles. The standard InChI is InChI=1S/C18H23NO2/c1-3-5-14-6-8-15(9-7-14)21-16-10-11-17(19)18(13-16)20-12-4-2/h6-11,13H,3-5,12,19H2,1-2H3. The molecule has 21 heavy (non-hydrogen) atoms. The second-order valence-electron chi connectivity index (χ2n) is 5.04. The Labute approximate surface area is 126 Å². The maximum absolute atomic E-state index is 5.90. The van der Waals surface area contributed by atoms with Gasteiger partial charge in [0.25, 0.3) is 0 Å². The molecule has 2 aromatic rings. The lowest BCUT2D eigenvalue weighted by molar-refractivity contribution is 0.317. The van der Waals surface area contributed by atoms with Crippen molar-refractivity contribution < 1.29 is 9.47 Å². The zero-order valence-corrected chi connectivity index (χ0v) is 12.8. The van der Waals surface area contributed by atoms with Crippen LogP contribution in [0, 0.1) is 0 Å². The number of nitrogen functional groups attached to an aromatic ring is 1. The zero-order chi connectivity index (χ0) is 15.1. The lowest BCUT2D eigenvalue weighted by Gasteiger charge is -2.11. The highest BCUT2D eigenvalue weighted by molar-refractivity contribution is 5.56. The molecule has 0 spiro atoms. The van der Waals surface area contributed by atoms with Gasteiger partial charge in [0.15, 0.2) is 0 Å². The normalized spacial score (nSPS) is 10.4. The summed E-state index contributed by atoms with van der Waals surface area (Å²) in [5, 5.41) is 0. The Morgan fingerprint density at radius 2 is 1.62 bits per heavy atom. The Kier molecular flexibility index (Phi) is 5.50. The summed E-state index contributed by atoms with van der Waals surface area (Å²) >= 11 is 0. The molecule has 0 saturated heterocycles. The summed E-state index contributed by atoms with van der Waals surface area (Å²) in [6, 6.07) is 13.7. The first kappa shape index (κ1) is 15.2. The van der Waals surface area contributed by atoms with Gasteiger partial charge in [0, 0.05) is 6.07 Å². The van der Waals surface area contributed by atoms with Gasteiger partial charge in [-0.2, -0.15) is 0 Å². The van der Waals surface area contributed by atoms with Gasteiger partial charge < -0.3 is 15.2 Å². The molecule has 0 radical (unpaired) electrons. The molecule has 0 aromatic heterocycles. The number of benzene rings is 2. The van der Waals surface area contributed by atoms with E-state index in [9.17, 15) is 0 Å². The molecule has 3 nitrogen and oxygen atoms in total. The van der Waals surface area contributed by atoms with E-state index in [1.54, 1.807) is 0 Å². The minimum atomic E-state index is 0.633. The molecule has 0 bridgehead atoms. The summed E-state index contributed by atoms with van der Waals surface area (Å²) in [6.45, 7) is 4.89. The fourth-order valence-corrected chi connectivity index (χ4v) is 2.06. The maximum atomic E-state index is 5.90. The third kappa shape index (κ3) is 4.42. The third-order valence-electron chi connectivity index (χ3n) is 3.14. The van der Waals surface area contributed by atoms with Gasteiger partial charge in [-0.15, -0.1) is 0 Å². The van der Waals surface area contributed by atoms with E-state index in [4.69, 9.17) is 15.2 Å². The lowest BCUT2D eigenvalue weighted by atomic mass is 10.1. The molecule has 112 valence electrons. The molecule has 0 atom stereocenters. The SMILES string of the molecule is CCCOc1cc(Oc2ccc(CCC)cc2)ccc1N. The van der Waals surface area contributed by atoms with Crippen LogP contribution in [0.3, 0.4) is 0 Å². The van der Waals surface area contributed by atoms with Gasteiger partial charge in [-0.05, 0) is 42.7 Å². The fourth-order valence-electron chi connectivity index (χ4n) is 2.06. The first-order valence-electron chi connectivity index (χ1n) is 7.52. The van der Waals surface area contributed by atoms with Crippen molar-refractivity contribution in [3.05, 3.63) is 48.0 Å². The van der Waals surface area contributed by atoms with E-state index in [-0.39, 0.29) is 0 Å². The molecule has 0 saturated carbocycles. The second-order valence-corrected chi connectivity index (χ2v) is 5.04. The summed E-state index contributed by atoms with van der Waals surface area (Å²) in [4.78, 5) is 0. The van der Waals surface area contributed by atoms with Crippen LogP contribution in [-0.4, -0.2) is 6.61 Å². The molecular weight excluding hydrogens is 262 g/mol. The van der Waals surface area contributed by atoms with Crippen molar-refractivity contribution in [3.63, 3.8) is 0 Å². The third-order valence-corrected chi connectivity index (χ3v) is 3.14. The largest absolute Gasteiger partial charge is 0.491 e. The maximum Gasteiger partial charge on any atom is 0.145 e. The van der Waals surface area contributed by atoms with Crippen molar-refractivity contribution >= 4 is 5.69 Å². The van der Waals surface area contributed by atoms with Crippen molar-refractivity contribution in [2.75, 3.05) is 12.3 Å². The Balaban J connectivity index is 2.08. The van der Waals surface area contributed by atoms with Crippen LogP contribution < -0.4 is 15.2 Å². The lowest BCUT2D eigenvalue weighted by Crippen LogP contribution is -1.99. The van der Waals surface area contributed by atoms with Gasteiger partial charge in [-0.3, -0.25) is 0 Å². The van der Waals surface area contributed by atoms with Crippen LogP contribution >= 0.6 is 0 Å². The minimum absolute atomic E-state index is 0.633. The topological polar surface area (TPSA) is 44.5 Å². The number of anilines is 1. The molecule has 0 aliphatic heterocycles. The van der Waals surface area contributed by atoms with Crippen LogP contribution in [0.15, 0.2) is 42.5 Å². The van der Waals surface area contributed by atoms with Crippen LogP contribution in [0.1, 0.15) is 32.3 Å². The van der Waals surface area contributed by atoms with Crippen LogP contribution in [0.5, 0.6) is 17.2 Å². The molecule has 0 aliphatic carbocycles. The summed E-state index contributed by atoms with van der Waals surface area (Å²) < 4.78 is 11.5. The van der Waals surface area contributed by atoms with Gasteiger partial charge in [0.1, 0.15) is 17.2 Å². The molecule has 0 heterocycles. The van der Waals surface area contributed by atoms with Crippen molar-refractivity contribution in [1.82, 2.24) is 0 Å². The highest BCUT2D eigenvalue weighted by Gasteiger charge is 2.04. The number of nitrogens with two attached hydrogens (primary N) is 1. The van der Waals surface area contributed by atoms with Gasteiger partial charge in [0.05, 0.1) is 12.3 Å². The van der Waals surface area contributed by atoms with E-state index in [0.717, 1.165) is 30.8 Å². The average molecular weight is 285 g/mol. The molecule has 2 N–H and O–H groups in total. The molecule has 0 unspecified atom stereocenters. The van der Waals surface area contributed by atoms with Crippen LogP contribution in [0.25, 0.3) is 0 Å². The second kappa shape index (κ2) is 7.58. The van der Waals surface area contributed by atoms with Crippen LogP contribution in [-0.2, 0) is 6.42 Å². The van der Waals surface area contributed by atoms with Gasteiger partial charge >= 0.3 is 0 Å². The smallest absolute Gasteiger partial charge is 0.145 e. The number of hydrogen-bond donors (Lipinski definition) is 1. The predicted octanol–water partition coefficient (Wildman–Crippen LogP) is 4.80. The molecular formula is C18H23NO2. The Morgan fingerprint density at radius 3 is 2.29 bits per heavy atom. The number of hydrogen-bond acceptors (Lipinski definition) is 3. The quantitative estimate of drug-likeness (QED) is 0.743. The van der Waals surface area contributed by atoms with E-state index in [1.165, 1.54) is 5.56 Å². The van der Waals surface area contributed by atoms with Gasteiger partial charge in [0.2, 0.25) is 0 Å². The van der Waals surface area contributed by atoms with Crippen molar-refractivity contribution in [3.8, 4) is 17.2 Å². The summed E-state index contributed by atoms with van der Waals surface area (Å²) in [5.74, 6) is 2.23. The van der Waals surface area contributed by atoms with Gasteiger partial charge in [-0.1, -0.05) is 32.4 Å². The average Bonchev–Trinajstić information content (AvgIpc) is 2.50. The van der Waals surface area contributed by atoms with Crippen molar-refractivity contribution in [1.29, 1.82) is 0 Å². The van der Waals surface area contributed by atoms with Crippen LogP contribution in [0.4, 0.5) is 5.69 Å². The Hall–Kier alpha value is -2.16. The monoisotopic (exact) mass is 285 g/mol. The molecule has 3 heteroatoms. The highest BCUT2D eigenvalue weighted by atomic mass is 16.5. The summed E-state index contributed by atoms with van der Waals surface area (Å²) in [5.41, 5.74) is 7.86. The first-order valence-corrected chi connectivity index (χ1v) is 7.52. The highest BCUT2D eigenvalue weighted by Crippen LogP contribution is 2.30. The minimum Gasteiger partial charge on any atom is -0.491 e. The predicted molar refractivity (Wildman–Crippen MR) is 87.2 cm³/mol. The van der Waals surface area contributed by atoms with Crippen molar-refractivity contribution in [2.24, 2.45) is 0 Å². The zero-order valence-electron chi connectivity index (χ0n) is 12.8. The van der Waals surface area contributed by atoms with E-state index < -0.39 is 0 Å². The van der Waals surface area contributed by atoms with Gasteiger partial charge in [-0.25, -0.2) is 0 Å². The molecule has 0 aliphatic rings. The summed E-state index contributed by atoms with van der Waals surface area (Å²) in [6.07, 6.45) is 3.19. The molecule has 0 amide bonds. The van der Waals surface area contributed by atoms with E-state index in [2.05, 4.69) is 26.0 Å².